The second kappa shape index (κ2) is 10.6. The third-order valence-electron chi connectivity index (χ3n) is 5.38. The maximum absolute atomic E-state index is 11.5. The highest BCUT2D eigenvalue weighted by Crippen LogP contribution is 2.26. The molecule has 1 aromatic rings. The first-order valence-corrected chi connectivity index (χ1v) is 11.6. The van der Waals surface area contributed by atoms with E-state index in [1.165, 1.54) is 25.7 Å². The second-order valence-electron chi connectivity index (χ2n) is 7.52. The summed E-state index contributed by atoms with van der Waals surface area (Å²) in [6.45, 7) is 2.72. The van der Waals surface area contributed by atoms with Crippen LogP contribution in [-0.2, 0) is 16.6 Å². The topological polar surface area (TPSA) is 85.8 Å². The Kier molecular flexibility index (Phi) is 8.81. The zero-order valence-corrected chi connectivity index (χ0v) is 19.8. The number of guanidine groups is 1. The monoisotopic (exact) mass is 521 g/mol. The Morgan fingerprint density at radius 3 is 2.61 bits per heavy atom. The zero-order valence-electron chi connectivity index (χ0n) is 16.6. The van der Waals surface area contributed by atoms with Crippen LogP contribution in [-0.4, -0.2) is 57.8 Å². The van der Waals surface area contributed by atoms with Crippen LogP contribution in [0.1, 0.15) is 37.7 Å². The van der Waals surface area contributed by atoms with Gasteiger partial charge in [0.05, 0.1) is 11.9 Å². The van der Waals surface area contributed by atoms with Crippen LogP contribution in [0.15, 0.2) is 29.3 Å². The van der Waals surface area contributed by atoms with Gasteiger partial charge in [-0.3, -0.25) is 14.6 Å². The maximum Gasteiger partial charge on any atom is 0.229 e. The molecule has 1 heterocycles. The van der Waals surface area contributed by atoms with Crippen molar-refractivity contribution in [1.82, 2.24) is 15.5 Å². The first-order valence-electron chi connectivity index (χ1n) is 9.71. The molecule has 0 amide bonds. The summed E-state index contributed by atoms with van der Waals surface area (Å²) >= 11 is 0. The fourth-order valence-corrected chi connectivity index (χ4v) is 4.65. The lowest BCUT2D eigenvalue weighted by atomic mass is 10.2. The zero-order chi connectivity index (χ0) is 19.3. The Hall–Kier alpha value is -1.07. The highest BCUT2D eigenvalue weighted by Gasteiger charge is 2.30. The first kappa shape index (κ1) is 23.2. The predicted molar refractivity (Wildman–Crippen MR) is 126 cm³/mol. The smallest absolute Gasteiger partial charge is 0.229 e. The second-order valence-corrected chi connectivity index (χ2v) is 9.27. The third kappa shape index (κ3) is 6.77. The molecule has 1 saturated carbocycles. The third-order valence-corrected chi connectivity index (χ3v) is 5.97. The van der Waals surface area contributed by atoms with Gasteiger partial charge in [0.2, 0.25) is 10.0 Å². The maximum atomic E-state index is 11.5. The van der Waals surface area contributed by atoms with E-state index in [4.69, 9.17) is 0 Å². The lowest BCUT2D eigenvalue weighted by Crippen LogP contribution is -2.45. The first-order chi connectivity index (χ1) is 12.9. The number of sulfonamides is 1. The highest BCUT2D eigenvalue weighted by atomic mass is 127. The number of halogens is 1. The van der Waals surface area contributed by atoms with Crippen LogP contribution in [0.5, 0.6) is 0 Å². The molecular formula is C19H32IN5O2S. The van der Waals surface area contributed by atoms with Gasteiger partial charge in [-0.2, -0.15) is 0 Å². The molecule has 1 aliphatic carbocycles. The van der Waals surface area contributed by atoms with E-state index in [1.54, 1.807) is 13.1 Å². The van der Waals surface area contributed by atoms with Gasteiger partial charge in [0.25, 0.3) is 0 Å². The summed E-state index contributed by atoms with van der Waals surface area (Å²) in [4.78, 5) is 6.95. The molecule has 0 radical (unpaired) electrons. The molecule has 3 N–H and O–H groups in total. The Balaban J connectivity index is 0.00000280. The predicted octanol–water partition coefficient (Wildman–Crippen LogP) is 2.36. The number of rotatable bonds is 6. The van der Waals surface area contributed by atoms with Crippen molar-refractivity contribution < 1.29 is 8.42 Å². The van der Waals surface area contributed by atoms with E-state index in [1.807, 2.05) is 18.2 Å². The summed E-state index contributed by atoms with van der Waals surface area (Å²) in [5.41, 5.74) is 1.47. The molecule has 3 rings (SSSR count). The van der Waals surface area contributed by atoms with Crippen molar-refractivity contribution in [1.29, 1.82) is 0 Å². The molecule has 28 heavy (non-hydrogen) atoms. The summed E-state index contributed by atoms with van der Waals surface area (Å²) in [5, 5.41) is 6.82. The van der Waals surface area contributed by atoms with E-state index in [-0.39, 0.29) is 24.0 Å². The summed E-state index contributed by atoms with van der Waals surface area (Å²) < 4.78 is 25.7. The fourth-order valence-electron chi connectivity index (χ4n) is 4.05. The normalized spacial score (nSPS) is 21.4. The number of likely N-dealkylation sites (tertiary alicyclic amines) is 1. The van der Waals surface area contributed by atoms with Gasteiger partial charge in [-0.25, -0.2) is 8.42 Å². The van der Waals surface area contributed by atoms with E-state index in [0.717, 1.165) is 43.3 Å². The van der Waals surface area contributed by atoms with Crippen LogP contribution in [0.3, 0.4) is 0 Å². The molecular weight excluding hydrogens is 489 g/mol. The van der Waals surface area contributed by atoms with Gasteiger partial charge in [0.1, 0.15) is 0 Å². The summed E-state index contributed by atoms with van der Waals surface area (Å²) in [6.07, 6.45) is 7.69. The highest BCUT2D eigenvalue weighted by molar-refractivity contribution is 14.0. The molecule has 1 aliphatic heterocycles. The minimum atomic E-state index is -3.31. The quantitative estimate of drug-likeness (QED) is 0.304. The van der Waals surface area contributed by atoms with Gasteiger partial charge in [0.15, 0.2) is 5.96 Å². The van der Waals surface area contributed by atoms with Crippen molar-refractivity contribution in [3.63, 3.8) is 0 Å². The molecule has 0 bridgehead atoms. The molecule has 2 aliphatic rings. The minimum Gasteiger partial charge on any atom is -0.352 e. The average Bonchev–Trinajstić information content (AvgIpc) is 3.30. The van der Waals surface area contributed by atoms with Crippen molar-refractivity contribution >= 4 is 45.6 Å². The number of hydrogen-bond donors (Lipinski definition) is 3. The van der Waals surface area contributed by atoms with E-state index in [9.17, 15) is 8.42 Å². The molecule has 2 fully saturated rings. The Morgan fingerprint density at radius 1 is 1.21 bits per heavy atom. The molecule has 0 spiro atoms. The van der Waals surface area contributed by atoms with Crippen LogP contribution in [0.25, 0.3) is 0 Å². The van der Waals surface area contributed by atoms with Crippen molar-refractivity contribution in [2.45, 2.75) is 50.7 Å². The average molecular weight is 521 g/mol. The molecule has 1 aromatic carbocycles. The summed E-state index contributed by atoms with van der Waals surface area (Å²) in [7, 11) is -1.54. The lowest BCUT2D eigenvalue weighted by molar-refractivity contribution is 0.242. The largest absolute Gasteiger partial charge is 0.352 e. The number of anilines is 1. The Labute approximate surface area is 185 Å². The van der Waals surface area contributed by atoms with Gasteiger partial charge < -0.3 is 10.6 Å². The van der Waals surface area contributed by atoms with E-state index in [0.29, 0.717) is 18.3 Å². The number of nitrogens with zero attached hydrogens (tertiary/aromatic N) is 2. The van der Waals surface area contributed by atoms with Crippen molar-refractivity contribution in [2.75, 3.05) is 31.1 Å². The number of nitrogens with one attached hydrogen (secondary N) is 3. The molecule has 7 nitrogen and oxygen atoms in total. The summed E-state index contributed by atoms with van der Waals surface area (Å²) in [5.74, 6) is 0.752. The van der Waals surface area contributed by atoms with Gasteiger partial charge in [-0.1, -0.05) is 31.0 Å². The lowest BCUT2D eigenvalue weighted by Gasteiger charge is -2.24. The van der Waals surface area contributed by atoms with E-state index >= 15 is 0 Å². The van der Waals surface area contributed by atoms with Crippen LogP contribution in [0, 0.1) is 0 Å². The Bertz CT molecular complexity index is 765. The molecule has 158 valence electrons. The van der Waals surface area contributed by atoms with Crippen LogP contribution >= 0.6 is 24.0 Å². The molecule has 0 aromatic heterocycles. The van der Waals surface area contributed by atoms with E-state index in [2.05, 4.69) is 25.2 Å². The van der Waals surface area contributed by atoms with Gasteiger partial charge in [-0.05, 0) is 30.9 Å². The van der Waals surface area contributed by atoms with Crippen molar-refractivity contribution in [3.8, 4) is 0 Å². The standard InChI is InChI=1S/C19H31N5O2S.HI/c1-20-19(22-16-11-12-24(14-16)17-8-4-5-9-17)21-13-15-7-3-6-10-18(15)23-27(2,25)26;/h3,6-7,10,16-17,23H,4-5,8-9,11-14H2,1-2H3,(H2,20,21,22);1H. The number of benzene rings is 1. The molecule has 9 heteroatoms. The minimum absolute atomic E-state index is 0. The fraction of sp³-hybridized carbons (Fsp3) is 0.632. The number of hydrogen-bond acceptors (Lipinski definition) is 4. The molecule has 1 atom stereocenters. The molecule has 1 saturated heterocycles. The van der Waals surface area contributed by atoms with Gasteiger partial charge >= 0.3 is 0 Å². The molecule has 1 unspecified atom stereocenters. The van der Waals surface area contributed by atoms with Crippen LogP contribution in [0.4, 0.5) is 5.69 Å². The number of para-hydroxylation sites is 1. The van der Waals surface area contributed by atoms with Crippen LogP contribution < -0.4 is 15.4 Å². The van der Waals surface area contributed by atoms with Gasteiger partial charge in [-0.15, -0.1) is 24.0 Å². The van der Waals surface area contributed by atoms with Gasteiger partial charge in [0, 0.05) is 38.8 Å². The SMILES string of the molecule is CN=C(NCc1ccccc1NS(C)(=O)=O)NC1CCN(C2CCCC2)C1.I. The van der Waals surface area contributed by atoms with Crippen molar-refractivity contribution in [2.24, 2.45) is 4.99 Å². The van der Waals surface area contributed by atoms with E-state index < -0.39 is 10.0 Å². The van der Waals surface area contributed by atoms with Crippen molar-refractivity contribution in [3.05, 3.63) is 29.8 Å². The summed E-state index contributed by atoms with van der Waals surface area (Å²) in [6, 6.07) is 8.56. The van der Waals surface area contributed by atoms with Crippen LogP contribution in [0.2, 0.25) is 0 Å². The Morgan fingerprint density at radius 2 is 1.93 bits per heavy atom. The number of aliphatic imine (C=N–C) groups is 1.